The van der Waals surface area contributed by atoms with Crippen molar-refractivity contribution in [1.29, 1.82) is 0 Å². The number of nitrogens with zero attached hydrogens (tertiary/aromatic N) is 1. The highest BCUT2D eigenvalue weighted by Gasteiger charge is 2.29. The Hall–Kier alpha value is -0.330. The summed E-state index contributed by atoms with van der Waals surface area (Å²) < 4.78 is 0. The molecule has 0 aromatic heterocycles. The van der Waals surface area contributed by atoms with E-state index in [0.717, 1.165) is 6.54 Å². The first kappa shape index (κ1) is 20.7. The Morgan fingerprint density at radius 1 is 0.739 bits per heavy atom. The van der Waals surface area contributed by atoms with Gasteiger partial charge in [0.1, 0.15) is 0 Å². The molecule has 1 heterocycles. The van der Waals surface area contributed by atoms with Crippen LogP contribution in [0, 0.1) is 5.41 Å². The molecule has 136 valence electrons. The molecule has 1 rings (SSSR count). The number of aliphatic imine (C=N–C) groups is 1. The predicted octanol–water partition coefficient (Wildman–Crippen LogP) is 7.73. The first-order valence-electron chi connectivity index (χ1n) is 10.8. The van der Waals surface area contributed by atoms with E-state index in [1.165, 1.54) is 103 Å². The van der Waals surface area contributed by atoms with Gasteiger partial charge in [0.2, 0.25) is 0 Å². The summed E-state index contributed by atoms with van der Waals surface area (Å²) in [5.41, 5.74) is 1.98. The maximum absolute atomic E-state index is 5.13. The van der Waals surface area contributed by atoms with Crippen LogP contribution in [0.1, 0.15) is 124 Å². The topological polar surface area (TPSA) is 12.4 Å². The fourth-order valence-corrected chi connectivity index (χ4v) is 4.02. The first-order valence-corrected chi connectivity index (χ1v) is 10.8. The van der Waals surface area contributed by atoms with E-state index in [9.17, 15) is 0 Å². The van der Waals surface area contributed by atoms with Crippen molar-refractivity contribution >= 4 is 5.71 Å². The molecule has 0 saturated carbocycles. The van der Waals surface area contributed by atoms with Gasteiger partial charge in [-0.2, -0.15) is 0 Å². The van der Waals surface area contributed by atoms with Crippen molar-refractivity contribution in [2.45, 2.75) is 124 Å². The van der Waals surface area contributed by atoms with Crippen molar-refractivity contribution < 1.29 is 0 Å². The average molecular weight is 322 g/mol. The molecule has 0 fully saturated rings. The smallest absolute Gasteiger partial charge is 0.0388 e. The van der Waals surface area contributed by atoms with Gasteiger partial charge in [0.25, 0.3) is 0 Å². The van der Waals surface area contributed by atoms with Crippen molar-refractivity contribution in [3.8, 4) is 0 Å². The molecule has 0 spiro atoms. The SMILES string of the molecule is CCCCCCC(C)(CCCCCC)C1=NCCCCCCC1. The van der Waals surface area contributed by atoms with E-state index in [1.807, 2.05) is 0 Å². The molecule has 0 unspecified atom stereocenters. The summed E-state index contributed by atoms with van der Waals surface area (Å²) in [5.74, 6) is 0. The molecular weight excluding hydrogens is 278 g/mol. The van der Waals surface area contributed by atoms with Gasteiger partial charge in [0, 0.05) is 17.7 Å². The lowest BCUT2D eigenvalue weighted by Crippen LogP contribution is -2.28. The minimum Gasteiger partial charge on any atom is -0.294 e. The van der Waals surface area contributed by atoms with Gasteiger partial charge in [-0.25, -0.2) is 0 Å². The number of hydrogen-bond acceptors (Lipinski definition) is 1. The highest BCUT2D eigenvalue weighted by Crippen LogP contribution is 2.35. The molecular formula is C22H43N. The fraction of sp³-hybridized carbons (Fsp3) is 0.955. The largest absolute Gasteiger partial charge is 0.294 e. The van der Waals surface area contributed by atoms with E-state index in [0.29, 0.717) is 5.41 Å². The van der Waals surface area contributed by atoms with Crippen molar-refractivity contribution in [2.24, 2.45) is 10.4 Å². The zero-order chi connectivity index (χ0) is 16.8. The molecule has 1 heteroatoms. The van der Waals surface area contributed by atoms with Gasteiger partial charge < -0.3 is 0 Å². The third kappa shape index (κ3) is 8.91. The lowest BCUT2D eigenvalue weighted by molar-refractivity contribution is 0.350. The Balaban J connectivity index is 2.64. The predicted molar refractivity (Wildman–Crippen MR) is 106 cm³/mol. The van der Waals surface area contributed by atoms with Crippen molar-refractivity contribution in [2.75, 3.05) is 6.54 Å². The second-order valence-corrected chi connectivity index (χ2v) is 8.03. The van der Waals surface area contributed by atoms with Crippen LogP contribution in [0.5, 0.6) is 0 Å². The van der Waals surface area contributed by atoms with Gasteiger partial charge in [-0.3, -0.25) is 4.99 Å². The molecule has 0 aromatic carbocycles. The van der Waals surface area contributed by atoms with Crippen LogP contribution < -0.4 is 0 Å². The molecule has 1 aliphatic rings. The van der Waals surface area contributed by atoms with Crippen molar-refractivity contribution in [1.82, 2.24) is 0 Å². The average Bonchev–Trinajstić information content (AvgIpc) is 2.70. The molecule has 23 heavy (non-hydrogen) atoms. The van der Waals surface area contributed by atoms with Crippen LogP contribution in [-0.2, 0) is 0 Å². The number of unbranched alkanes of at least 4 members (excludes halogenated alkanes) is 6. The minimum absolute atomic E-state index is 0.395. The minimum atomic E-state index is 0.395. The molecule has 0 radical (unpaired) electrons. The van der Waals surface area contributed by atoms with Crippen LogP contribution >= 0.6 is 0 Å². The summed E-state index contributed by atoms with van der Waals surface area (Å²) in [6.07, 6.45) is 22.0. The van der Waals surface area contributed by atoms with Crippen molar-refractivity contribution in [3.63, 3.8) is 0 Å². The van der Waals surface area contributed by atoms with Crippen LogP contribution in [0.3, 0.4) is 0 Å². The standard InChI is InChI=1S/C22H43N/c1-4-6-8-14-18-22(3,19-15-9-7-5-2)21-17-13-11-10-12-16-20-23-21/h4-20H2,1-3H3. The van der Waals surface area contributed by atoms with Crippen molar-refractivity contribution in [3.05, 3.63) is 0 Å². The Labute approximate surface area is 146 Å². The summed E-state index contributed by atoms with van der Waals surface area (Å²) in [7, 11) is 0. The molecule has 0 aliphatic carbocycles. The molecule has 0 saturated heterocycles. The third-order valence-electron chi connectivity index (χ3n) is 5.74. The van der Waals surface area contributed by atoms with Gasteiger partial charge in [0.05, 0.1) is 0 Å². The molecule has 0 aromatic rings. The van der Waals surface area contributed by atoms with Crippen LogP contribution in [0.25, 0.3) is 0 Å². The second-order valence-electron chi connectivity index (χ2n) is 8.03. The van der Waals surface area contributed by atoms with Crippen LogP contribution in [0.2, 0.25) is 0 Å². The quantitative estimate of drug-likeness (QED) is 0.345. The molecule has 1 aliphatic heterocycles. The summed E-state index contributed by atoms with van der Waals surface area (Å²) in [4.78, 5) is 5.13. The van der Waals surface area contributed by atoms with Gasteiger partial charge in [-0.1, -0.05) is 91.4 Å². The van der Waals surface area contributed by atoms with Crippen LogP contribution in [-0.4, -0.2) is 12.3 Å². The summed E-state index contributed by atoms with van der Waals surface area (Å²) in [6.45, 7) is 8.26. The highest BCUT2D eigenvalue weighted by molar-refractivity contribution is 5.90. The Morgan fingerprint density at radius 2 is 1.30 bits per heavy atom. The lowest BCUT2D eigenvalue weighted by Gasteiger charge is -2.32. The van der Waals surface area contributed by atoms with Gasteiger partial charge in [-0.05, 0) is 32.1 Å². The van der Waals surface area contributed by atoms with Gasteiger partial charge in [0.15, 0.2) is 0 Å². The van der Waals surface area contributed by atoms with E-state index < -0.39 is 0 Å². The monoisotopic (exact) mass is 321 g/mol. The number of rotatable bonds is 11. The molecule has 1 nitrogen and oxygen atoms in total. The molecule has 0 bridgehead atoms. The molecule has 0 atom stereocenters. The second kappa shape index (κ2) is 13.0. The van der Waals surface area contributed by atoms with E-state index in [1.54, 1.807) is 5.71 Å². The zero-order valence-electron chi connectivity index (χ0n) is 16.5. The van der Waals surface area contributed by atoms with Crippen LogP contribution in [0.15, 0.2) is 4.99 Å². The van der Waals surface area contributed by atoms with E-state index >= 15 is 0 Å². The Kier molecular flexibility index (Phi) is 11.7. The van der Waals surface area contributed by atoms with Gasteiger partial charge >= 0.3 is 0 Å². The fourth-order valence-electron chi connectivity index (χ4n) is 4.02. The number of hydrogen-bond donors (Lipinski definition) is 0. The maximum atomic E-state index is 5.13. The third-order valence-corrected chi connectivity index (χ3v) is 5.74. The van der Waals surface area contributed by atoms with Gasteiger partial charge in [-0.15, -0.1) is 0 Å². The Morgan fingerprint density at radius 3 is 1.91 bits per heavy atom. The van der Waals surface area contributed by atoms with E-state index in [-0.39, 0.29) is 0 Å². The first-order chi connectivity index (χ1) is 11.2. The van der Waals surface area contributed by atoms with E-state index in [4.69, 9.17) is 4.99 Å². The zero-order valence-corrected chi connectivity index (χ0v) is 16.5. The molecule has 0 amide bonds. The normalized spacial score (nSPS) is 17.3. The summed E-state index contributed by atoms with van der Waals surface area (Å²) >= 11 is 0. The van der Waals surface area contributed by atoms with E-state index in [2.05, 4.69) is 20.8 Å². The summed E-state index contributed by atoms with van der Waals surface area (Å²) in [6, 6.07) is 0. The molecule has 0 N–H and O–H groups in total. The van der Waals surface area contributed by atoms with Crippen LogP contribution in [0.4, 0.5) is 0 Å². The Bertz CT molecular complexity index is 293. The highest BCUT2D eigenvalue weighted by atomic mass is 14.8. The maximum Gasteiger partial charge on any atom is 0.0388 e. The summed E-state index contributed by atoms with van der Waals surface area (Å²) in [5, 5.41) is 0. The lowest BCUT2D eigenvalue weighted by atomic mass is 9.74.